The number of fused-ring (bicyclic) bond motifs is 5. The lowest BCUT2D eigenvalue weighted by molar-refractivity contribution is -0.137. The predicted molar refractivity (Wildman–Crippen MR) is 229 cm³/mol. The highest BCUT2D eigenvalue weighted by Crippen LogP contribution is 2.68. The third kappa shape index (κ3) is 13.9. The largest absolute Gasteiger partial charge is 0.416 e. The first-order valence-corrected chi connectivity index (χ1v) is 23.3. The zero-order chi connectivity index (χ0) is 40.6. The molecule has 5 saturated carbocycles. The average molecular weight is 800 g/mol. The van der Waals surface area contributed by atoms with E-state index < -0.39 is 11.7 Å². The molecule has 8 atom stereocenters. The lowest BCUT2D eigenvalue weighted by atomic mass is 9.45. The molecular formula is C45H80F3N3OS2. The summed E-state index contributed by atoms with van der Waals surface area (Å²) < 4.78 is 40.4. The molecule has 1 aromatic carbocycles. The molecule has 5 aliphatic rings. The number of amides is 1. The third-order valence-corrected chi connectivity index (χ3v) is 15.7. The van der Waals surface area contributed by atoms with Gasteiger partial charge in [-0.1, -0.05) is 107 Å². The summed E-state index contributed by atoms with van der Waals surface area (Å²) in [6.45, 7) is 19.0. The van der Waals surface area contributed by atoms with E-state index in [2.05, 4.69) is 46.3 Å². The smallest absolute Gasteiger partial charge is 0.299 e. The van der Waals surface area contributed by atoms with E-state index in [1.165, 1.54) is 88.5 Å². The SMILES string of the molecule is CC.CC1CCCCC1(C)C.CCCCCC1CCC2C3CCC4CCCCC4(C)C3CCC12C.CN(C)SN.O=CNSc1ccc(C(F)(F)F)cc1. The number of benzene rings is 1. The van der Waals surface area contributed by atoms with Gasteiger partial charge >= 0.3 is 6.18 Å². The number of nitrogens with one attached hydrogen (secondary N) is 1. The van der Waals surface area contributed by atoms with Crippen LogP contribution in [-0.2, 0) is 11.0 Å². The number of carbonyl (C=O) groups is 1. The van der Waals surface area contributed by atoms with Gasteiger partial charge in [-0.15, -0.1) is 0 Å². The molecule has 314 valence electrons. The molecule has 5 aliphatic carbocycles. The van der Waals surface area contributed by atoms with Gasteiger partial charge in [0.05, 0.1) is 5.56 Å². The maximum Gasteiger partial charge on any atom is 0.416 e. The Morgan fingerprint density at radius 1 is 0.833 bits per heavy atom. The van der Waals surface area contributed by atoms with Crippen LogP contribution < -0.4 is 9.86 Å². The molecule has 0 spiro atoms. The summed E-state index contributed by atoms with van der Waals surface area (Å²) >= 11 is 2.17. The normalized spacial score (nSPS) is 32.2. The molecule has 1 amide bonds. The second-order valence-corrected chi connectivity index (χ2v) is 20.0. The minimum Gasteiger partial charge on any atom is -0.299 e. The molecule has 0 bridgehead atoms. The number of nitrogens with zero attached hydrogens (tertiary/aromatic N) is 1. The second kappa shape index (κ2) is 23.5. The number of hydrogen-bond donors (Lipinski definition) is 2. The summed E-state index contributed by atoms with van der Waals surface area (Å²) in [4.78, 5) is 10.4. The van der Waals surface area contributed by atoms with Gasteiger partial charge in [0.25, 0.3) is 0 Å². The van der Waals surface area contributed by atoms with Crippen molar-refractivity contribution in [2.45, 2.75) is 182 Å². The fraction of sp³-hybridized carbons (Fsp3) is 0.844. The molecule has 3 N–H and O–H groups in total. The van der Waals surface area contributed by atoms with Gasteiger partial charge in [0.15, 0.2) is 0 Å². The van der Waals surface area contributed by atoms with E-state index in [1.54, 1.807) is 51.4 Å². The van der Waals surface area contributed by atoms with E-state index in [4.69, 9.17) is 5.14 Å². The van der Waals surface area contributed by atoms with Crippen molar-refractivity contribution in [2.24, 2.45) is 56.9 Å². The van der Waals surface area contributed by atoms with Crippen LogP contribution >= 0.6 is 24.1 Å². The minimum absolute atomic E-state index is 0.461. The van der Waals surface area contributed by atoms with Crippen molar-refractivity contribution in [3.05, 3.63) is 29.8 Å². The van der Waals surface area contributed by atoms with Gasteiger partial charge in [-0.05, 0) is 166 Å². The van der Waals surface area contributed by atoms with Crippen LogP contribution in [0, 0.1) is 51.8 Å². The molecule has 0 radical (unpaired) electrons. The Hall–Kier alpha value is -0.900. The number of rotatable bonds is 8. The van der Waals surface area contributed by atoms with Crippen LogP contribution in [0.25, 0.3) is 0 Å². The van der Waals surface area contributed by atoms with E-state index in [0.717, 1.165) is 65.0 Å². The van der Waals surface area contributed by atoms with Crippen molar-refractivity contribution >= 4 is 30.5 Å². The lowest BCUT2D eigenvalue weighted by Crippen LogP contribution is -2.52. The molecule has 9 heteroatoms. The van der Waals surface area contributed by atoms with E-state index in [0.29, 0.717) is 22.1 Å². The van der Waals surface area contributed by atoms with Crippen molar-refractivity contribution in [1.82, 2.24) is 9.03 Å². The van der Waals surface area contributed by atoms with Gasteiger partial charge in [-0.25, -0.2) is 4.31 Å². The minimum atomic E-state index is -4.32. The predicted octanol–water partition coefficient (Wildman–Crippen LogP) is 14.4. The standard InChI is InChI=1S/C24H42.C9H18.C8H6F3NOS.C2H8N2S.C2H6/c1-4-5-6-9-19-12-14-21-20-13-11-18-10-7-8-16-23(18,2)22(20)15-17-24(19,21)3;1-8-6-4-5-7-9(8,2)3;9-8(10,11)6-1-3-7(4-2-6)14-12-5-13;1-4(2)5-3;1-2/h18-22H,4-17H2,1-3H3;8H,4-7H2,1-3H3;1-5H,(H,12,13);3H2,1-2H3;1-2H3. The van der Waals surface area contributed by atoms with Crippen molar-refractivity contribution in [3.8, 4) is 0 Å². The molecule has 54 heavy (non-hydrogen) atoms. The Morgan fingerprint density at radius 2 is 1.44 bits per heavy atom. The van der Waals surface area contributed by atoms with Crippen molar-refractivity contribution in [2.75, 3.05) is 14.1 Å². The molecule has 6 rings (SSSR count). The van der Waals surface area contributed by atoms with Crippen LogP contribution in [0.1, 0.15) is 177 Å². The Balaban J connectivity index is 0.000000284. The number of halogens is 3. The number of hydrogen-bond acceptors (Lipinski definition) is 5. The van der Waals surface area contributed by atoms with E-state index in [-0.39, 0.29) is 0 Å². The fourth-order valence-electron chi connectivity index (χ4n) is 11.0. The molecule has 5 fully saturated rings. The average Bonchev–Trinajstić information content (AvgIpc) is 3.49. The van der Waals surface area contributed by atoms with E-state index in [1.807, 2.05) is 32.2 Å². The van der Waals surface area contributed by atoms with Crippen LogP contribution in [0.5, 0.6) is 0 Å². The highest BCUT2D eigenvalue weighted by molar-refractivity contribution is 7.97. The number of alkyl halides is 3. The first-order chi connectivity index (χ1) is 25.5. The summed E-state index contributed by atoms with van der Waals surface area (Å²) in [7, 11) is 3.79. The van der Waals surface area contributed by atoms with Crippen molar-refractivity contribution in [1.29, 1.82) is 0 Å². The lowest BCUT2D eigenvalue weighted by Gasteiger charge is -2.60. The van der Waals surface area contributed by atoms with Gasteiger partial charge in [0, 0.05) is 17.0 Å². The summed E-state index contributed by atoms with van der Waals surface area (Å²) in [5, 5.41) is 5.01. The quantitative estimate of drug-likeness (QED) is 0.156. The first kappa shape index (κ1) is 49.2. The summed E-state index contributed by atoms with van der Waals surface area (Å²) in [5.74, 6) is 6.36. The van der Waals surface area contributed by atoms with Gasteiger partial charge in [-0.3, -0.25) is 14.7 Å². The molecular weight excluding hydrogens is 720 g/mol. The van der Waals surface area contributed by atoms with E-state index >= 15 is 0 Å². The second-order valence-electron chi connectivity index (χ2n) is 18.1. The number of unbranched alkanes of at least 4 members (excludes halogenated alkanes) is 2. The summed E-state index contributed by atoms with van der Waals surface area (Å²) in [5.41, 5.74) is 1.38. The van der Waals surface area contributed by atoms with Crippen molar-refractivity contribution < 1.29 is 18.0 Å². The first-order valence-electron chi connectivity index (χ1n) is 21.6. The van der Waals surface area contributed by atoms with Gasteiger partial charge in [-0.2, -0.15) is 13.2 Å². The maximum atomic E-state index is 12.1. The fourth-order valence-corrected chi connectivity index (χ4v) is 11.4. The Morgan fingerprint density at radius 3 is 1.98 bits per heavy atom. The number of carbonyl (C=O) groups excluding carboxylic acids is 1. The van der Waals surface area contributed by atoms with Crippen LogP contribution in [-0.4, -0.2) is 24.8 Å². The highest BCUT2D eigenvalue weighted by Gasteiger charge is 2.59. The molecule has 4 nitrogen and oxygen atoms in total. The number of nitrogens with two attached hydrogens (primary N) is 1. The topological polar surface area (TPSA) is 58.4 Å². The Labute approximate surface area is 339 Å². The summed E-state index contributed by atoms with van der Waals surface area (Å²) in [6, 6.07) is 4.53. The van der Waals surface area contributed by atoms with Crippen molar-refractivity contribution in [3.63, 3.8) is 0 Å². The van der Waals surface area contributed by atoms with Crippen LogP contribution in [0.15, 0.2) is 29.2 Å². The molecule has 0 saturated heterocycles. The molecule has 8 unspecified atom stereocenters. The molecule has 0 aliphatic heterocycles. The Bertz CT molecular complexity index is 1180. The van der Waals surface area contributed by atoms with Gasteiger partial charge < -0.3 is 0 Å². The molecule has 1 aromatic rings. The summed E-state index contributed by atoms with van der Waals surface area (Å²) in [6.07, 6.45) is 23.5. The molecule has 0 heterocycles. The van der Waals surface area contributed by atoms with Gasteiger partial charge in [0.2, 0.25) is 6.41 Å². The zero-order valence-corrected chi connectivity index (χ0v) is 37.6. The van der Waals surface area contributed by atoms with Crippen LogP contribution in [0.3, 0.4) is 0 Å². The van der Waals surface area contributed by atoms with Crippen LogP contribution in [0.2, 0.25) is 0 Å². The zero-order valence-electron chi connectivity index (χ0n) is 36.0. The molecule has 0 aromatic heterocycles. The van der Waals surface area contributed by atoms with Crippen LogP contribution in [0.4, 0.5) is 13.2 Å². The van der Waals surface area contributed by atoms with E-state index in [9.17, 15) is 18.0 Å². The maximum absolute atomic E-state index is 12.1. The monoisotopic (exact) mass is 800 g/mol. The highest BCUT2D eigenvalue weighted by atomic mass is 32.2. The third-order valence-electron chi connectivity index (χ3n) is 14.6. The van der Waals surface area contributed by atoms with Gasteiger partial charge in [0.1, 0.15) is 0 Å². The Kier molecular flexibility index (Phi) is 21.4.